The first kappa shape index (κ1) is 29.9. The summed E-state index contributed by atoms with van der Waals surface area (Å²) >= 11 is 0. The minimum atomic E-state index is -3.96. The van der Waals surface area contributed by atoms with Crippen molar-refractivity contribution in [1.82, 2.24) is 13.9 Å². The van der Waals surface area contributed by atoms with E-state index in [0.717, 1.165) is 29.5 Å². The molecule has 1 N–H and O–H groups in total. The lowest BCUT2D eigenvalue weighted by molar-refractivity contribution is -0.121. The van der Waals surface area contributed by atoms with Gasteiger partial charge in [-0.05, 0) is 74.4 Å². The highest BCUT2D eigenvalue weighted by atomic mass is 32.2. The number of rotatable bonds is 11. The summed E-state index contributed by atoms with van der Waals surface area (Å²) in [6.07, 6.45) is 2.19. The predicted octanol–water partition coefficient (Wildman–Crippen LogP) is 3.95. The summed E-state index contributed by atoms with van der Waals surface area (Å²) in [5.41, 5.74) is 3.96. The van der Waals surface area contributed by atoms with E-state index >= 15 is 0 Å². The largest absolute Gasteiger partial charge is 0.351 e. The number of hydrogen-bond acceptors (Lipinski definition) is 5. The zero-order chi connectivity index (χ0) is 28.9. The molecule has 1 heterocycles. The lowest BCUT2D eigenvalue weighted by Crippen LogP contribution is -2.42. The molecule has 8 nitrogen and oxygen atoms in total. The maximum absolute atomic E-state index is 13.8. The second kappa shape index (κ2) is 12.6. The number of aryl methyl sites for hydroxylation is 3. The maximum Gasteiger partial charge on any atom is 0.244 e. The standard InChI is InChI=1S/C30H37N3O5S2/c1-23-19-24(2)30(25(3)20-23)40(37,38)33(18-15-26-9-5-4-6-10-26)22-29(34)31-21-27-11-13-28(14-12-27)39(35,36)32-16-7-8-17-32/h4-6,9-14,19-20H,7-8,15-18,21-22H2,1-3H3,(H,31,34). The van der Waals surface area contributed by atoms with Crippen molar-refractivity contribution in [1.29, 1.82) is 0 Å². The maximum atomic E-state index is 13.8. The number of amides is 1. The van der Waals surface area contributed by atoms with Crippen molar-refractivity contribution in [2.45, 2.75) is 56.4 Å². The van der Waals surface area contributed by atoms with Crippen molar-refractivity contribution in [3.8, 4) is 0 Å². The fourth-order valence-electron chi connectivity index (χ4n) is 5.16. The van der Waals surface area contributed by atoms with Crippen LogP contribution in [0.3, 0.4) is 0 Å². The molecule has 0 spiro atoms. The zero-order valence-electron chi connectivity index (χ0n) is 23.3. The van der Waals surface area contributed by atoms with Crippen LogP contribution in [0.4, 0.5) is 0 Å². The molecule has 0 atom stereocenters. The summed E-state index contributed by atoms with van der Waals surface area (Å²) in [4.78, 5) is 13.5. The van der Waals surface area contributed by atoms with Gasteiger partial charge in [0.05, 0.1) is 16.3 Å². The lowest BCUT2D eigenvalue weighted by Gasteiger charge is -2.24. The van der Waals surface area contributed by atoms with Crippen molar-refractivity contribution in [2.24, 2.45) is 0 Å². The van der Waals surface area contributed by atoms with Gasteiger partial charge < -0.3 is 5.32 Å². The molecule has 1 fully saturated rings. The van der Waals surface area contributed by atoms with Crippen molar-refractivity contribution < 1.29 is 21.6 Å². The van der Waals surface area contributed by atoms with E-state index in [0.29, 0.717) is 30.6 Å². The van der Waals surface area contributed by atoms with E-state index in [1.165, 1.54) is 8.61 Å². The molecule has 0 aromatic heterocycles. The third kappa shape index (κ3) is 6.98. The van der Waals surface area contributed by atoms with Crippen LogP contribution >= 0.6 is 0 Å². The Balaban J connectivity index is 1.47. The molecule has 0 radical (unpaired) electrons. The van der Waals surface area contributed by atoms with Gasteiger partial charge in [-0.2, -0.15) is 8.61 Å². The average molecular weight is 584 g/mol. The highest BCUT2D eigenvalue weighted by molar-refractivity contribution is 7.89. The first-order valence-corrected chi connectivity index (χ1v) is 16.3. The minimum absolute atomic E-state index is 0.148. The monoisotopic (exact) mass is 583 g/mol. The SMILES string of the molecule is Cc1cc(C)c(S(=O)(=O)N(CCc2ccccc2)CC(=O)NCc2ccc(S(=O)(=O)N3CCCC3)cc2)c(C)c1. The summed E-state index contributed by atoms with van der Waals surface area (Å²) in [6.45, 7) is 6.51. The van der Waals surface area contributed by atoms with E-state index < -0.39 is 26.0 Å². The third-order valence-electron chi connectivity index (χ3n) is 7.13. The summed E-state index contributed by atoms with van der Waals surface area (Å²) < 4.78 is 56.0. The van der Waals surface area contributed by atoms with E-state index in [2.05, 4.69) is 5.32 Å². The second-order valence-corrected chi connectivity index (χ2v) is 14.1. The molecule has 0 saturated carbocycles. The van der Waals surface area contributed by atoms with Crippen LogP contribution in [0.25, 0.3) is 0 Å². The Bertz CT molecular complexity index is 1530. The summed E-state index contributed by atoms with van der Waals surface area (Å²) in [5.74, 6) is -0.437. The minimum Gasteiger partial charge on any atom is -0.351 e. The van der Waals surface area contributed by atoms with Gasteiger partial charge in [-0.15, -0.1) is 0 Å². The van der Waals surface area contributed by atoms with Crippen molar-refractivity contribution in [3.05, 3.63) is 94.5 Å². The number of benzene rings is 3. The second-order valence-electron chi connectivity index (χ2n) is 10.3. The fourth-order valence-corrected chi connectivity index (χ4v) is 8.48. The van der Waals surface area contributed by atoms with E-state index in [1.54, 1.807) is 38.1 Å². The zero-order valence-corrected chi connectivity index (χ0v) is 24.9. The van der Waals surface area contributed by atoms with Crippen LogP contribution < -0.4 is 5.32 Å². The Morgan fingerprint density at radius 1 is 0.850 bits per heavy atom. The number of carbonyl (C=O) groups excluding carboxylic acids is 1. The topological polar surface area (TPSA) is 104 Å². The Morgan fingerprint density at radius 2 is 1.45 bits per heavy atom. The quantitative estimate of drug-likeness (QED) is 0.368. The van der Waals surface area contributed by atoms with Crippen LogP contribution in [0, 0.1) is 20.8 Å². The average Bonchev–Trinajstić information content (AvgIpc) is 3.46. The molecule has 40 heavy (non-hydrogen) atoms. The van der Waals surface area contributed by atoms with Crippen LogP contribution in [0.5, 0.6) is 0 Å². The molecule has 4 rings (SSSR count). The number of nitrogens with one attached hydrogen (secondary N) is 1. The van der Waals surface area contributed by atoms with Gasteiger partial charge in [0.15, 0.2) is 0 Å². The predicted molar refractivity (Wildman–Crippen MR) is 156 cm³/mol. The Hall–Kier alpha value is -3.05. The molecule has 214 valence electrons. The van der Waals surface area contributed by atoms with Crippen molar-refractivity contribution >= 4 is 26.0 Å². The van der Waals surface area contributed by atoms with E-state index in [1.807, 2.05) is 49.4 Å². The van der Waals surface area contributed by atoms with Crippen LogP contribution in [0.1, 0.15) is 40.7 Å². The van der Waals surface area contributed by atoms with Gasteiger partial charge in [-0.3, -0.25) is 4.79 Å². The number of nitrogens with zero attached hydrogens (tertiary/aromatic N) is 2. The lowest BCUT2D eigenvalue weighted by atomic mass is 10.1. The highest BCUT2D eigenvalue weighted by Crippen LogP contribution is 2.26. The molecule has 3 aromatic rings. The van der Waals surface area contributed by atoms with Crippen LogP contribution in [-0.2, 0) is 37.8 Å². The first-order valence-electron chi connectivity index (χ1n) is 13.5. The molecule has 1 aliphatic rings. The van der Waals surface area contributed by atoms with E-state index in [-0.39, 0.29) is 29.4 Å². The van der Waals surface area contributed by atoms with Gasteiger partial charge in [0, 0.05) is 26.2 Å². The van der Waals surface area contributed by atoms with Gasteiger partial charge in [-0.1, -0.05) is 60.2 Å². The van der Waals surface area contributed by atoms with Gasteiger partial charge in [0.25, 0.3) is 0 Å². The Morgan fingerprint density at radius 3 is 2.05 bits per heavy atom. The third-order valence-corrected chi connectivity index (χ3v) is 11.2. The Labute approximate surface area is 238 Å². The van der Waals surface area contributed by atoms with Crippen LogP contribution in [-0.4, -0.2) is 57.5 Å². The molecule has 1 saturated heterocycles. The smallest absolute Gasteiger partial charge is 0.244 e. The van der Waals surface area contributed by atoms with Gasteiger partial charge >= 0.3 is 0 Å². The first-order chi connectivity index (χ1) is 19.0. The molecule has 0 aliphatic carbocycles. The van der Waals surface area contributed by atoms with E-state index in [4.69, 9.17) is 0 Å². The molecule has 0 bridgehead atoms. The molecule has 10 heteroatoms. The Kier molecular flexibility index (Phi) is 9.45. The summed E-state index contributed by atoms with van der Waals surface area (Å²) in [5, 5.41) is 2.80. The fraction of sp³-hybridized carbons (Fsp3) is 0.367. The molecule has 1 aliphatic heterocycles. The van der Waals surface area contributed by atoms with Crippen molar-refractivity contribution in [2.75, 3.05) is 26.2 Å². The van der Waals surface area contributed by atoms with Gasteiger partial charge in [0.2, 0.25) is 26.0 Å². The normalized spacial score (nSPS) is 14.5. The summed E-state index contributed by atoms with van der Waals surface area (Å²) in [7, 11) is -7.47. The van der Waals surface area contributed by atoms with Crippen LogP contribution in [0.2, 0.25) is 0 Å². The number of hydrogen-bond donors (Lipinski definition) is 1. The van der Waals surface area contributed by atoms with Gasteiger partial charge in [-0.25, -0.2) is 16.8 Å². The molecule has 0 unspecified atom stereocenters. The number of sulfonamides is 2. The van der Waals surface area contributed by atoms with E-state index in [9.17, 15) is 21.6 Å². The molecule has 3 aromatic carbocycles. The van der Waals surface area contributed by atoms with Gasteiger partial charge in [0.1, 0.15) is 0 Å². The molecule has 1 amide bonds. The van der Waals surface area contributed by atoms with Crippen LogP contribution in [0.15, 0.2) is 76.5 Å². The number of carbonyl (C=O) groups is 1. The van der Waals surface area contributed by atoms with Crippen molar-refractivity contribution in [3.63, 3.8) is 0 Å². The molecular weight excluding hydrogens is 546 g/mol. The summed E-state index contributed by atoms with van der Waals surface area (Å²) in [6, 6.07) is 19.7. The molecular formula is C30H37N3O5S2. The highest BCUT2D eigenvalue weighted by Gasteiger charge is 2.30.